The molecule has 0 aliphatic carbocycles. The first kappa shape index (κ1) is 27.4. The average Bonchev–Trinajstić information content (AvgIpc) is 3.52. The van der Waals surface area contributed by atoms with Crippen molar-refractivity contribution in [2.24, 2.45) is 0 Å². The van der Waals surface area contributed by atoms with E-state index in [2.05, 4.69) is 119 Å². The fourth-order valence-corrected chi connectivity index (χ4v) is 7.25. The van der Waals surface area contributed by atoms with Crippen molar-refractivity contribution >= 4 is 54.1 Å². The van der Waals surface area contributed by atoms with Gasteiger partial charge in [0.05, 0.1) is 11.0 Å². The van der Waals surface area contributed by atoms with Crippen LogP contribution >= 0.6 is 0 Å². The fraction of sp³-hybridized carbons (Fsp3) is 0. The number of rotatable bonds is 4. The summed E-state index contributed by atoms with van der Waals surface area (Å²) in [6.07, 6.45) is 3.73. The van der Waals surface area contributed by atoms with Gasteiger partial charge in [-0.3, -0.25) is 9.55 Å². The van der Waals surface area contributed by atoms with Crippen molar-refractivity contribution < 1.29 is 0 Å². The third-order valence-corrected chi connectivity index (χ3v) is 9.53. The molecule has 0 saturated heterocycles. The van der Waals surface area contributed by atoms with E-state index >= 15 is 0 Å². The Balaban J connectivity index is 1.23. The highest BCUT2D eigenvalue weighted by Crippen LogP contribution is 2.39. The number of aromatic nitrogens is 5. The van der Waals surface area contributed by atoms with Crippen LogP contribution in [-0.4, -0.2) is 24.5 Å². The molecule has 5 nitrogen and oxygen atoms in total. The molecule has 7 aromatic carbocycles. The van der Waals surface area contributed by atoms with Gasteiger partial charge < -0.3 is 0 Å². The van der Waals surface area contributed by atoms with Crippen LogP contribution < -0.4 is 0 Å². The molecule has 0 amide bonds. The van der Waals surface area contributed by atoms with Crippen LogP contribution in [0.2, 0.25) is 0 Å². The molecule has 0 aliphatic rings. The molecule has 49 heavy (non-hydrogen) atoms. The molecular weight excluding hydrogens is 599 g/mol. The Labute approximate surface area is 281 Å². The van der Waals surface area contributed by atoms with Crippen LogP contribution in [0.15, 0.2) is 164 Å². The van der Waals surface area contributed by atoms with Gasteiger partial charge in [0, 0.05) is 34.3 Å². The van der Waals surface area contributed by atoms with E-state index in [-0.39, 0.29) is 0 Å². The Hall–Kier alpha value is -6.72. The first-order valence-electron chi connectivity index (χ1n) is 16.4. The summed E-state index contributed by atoms with van der Waals surface area (Å²) in [5, 5.41) is 9.41. The maximum absolute atomic E-state index is 5.19. The predicted molar refractivity (Wildman–Crippen MR) is 201 cm³/mol. The van der Waals surface area contributed by atoms with E-state index in [1.54, 1.807) is 0 Å². The third-order valence-electron chi connectivity index (χ3n) is 9.53. The molecule has 3 heterocycles. The lowest BCUT2D eigenvalue weighted by Gasteiger charge is -2.14. The molecule has 10 rings (SSSR count). The predicted octanol–water partition coefficient (Wildman–Crippen LogP) is 10.8. The van der Waals surface area contributed by atoms with E-state index in [0.29, 0.717) is 17.6 Å². The van der Waals surface area contributed by atoms with Crippen molar-refractivity contribution in [1.29, 1.82) is 0 Å². The molecule has 0 atom stereocenters. The number of fused-ring (bicyclic) bond motifs is 9. The molecule has 5 heteroatoms. The number of para-hydroxylation sites is 1. The van der Waals surface area contributed by atoms with Gasteiger partial charge in [0.1, 0.15) is 0 Å². The molecule has 0 fully saturated rings. The molecule has 0 N–H and O–H groups in total. The zero-order chi connectivity index (χ0) is 32.3. The SMILES string of the molecule is c1ccc(-c2ccc3c4ccc(-c5nc(-c6ccccc6)nc(-n6c7ccccc7c7cnccc76)n5)cc4c4ccccc4c3c2)cc1. The standard InChI is InChI=1S/C44H27N5/c1-3-11-28(12-4-1)30-19-21-34-35-22-20-31(26-38(35)33-16-8-7-15-32(33)37(34)25-30)43-46-42(29-13-5-2-6-14-29)47-44(48-43)49-40-18-10-9-17-36(40)39-27-45-24-23-41(39)49/h1-27H. The van der Waals surface area contributed by atoms with E-state index in [1.807, 2.05) is 54.9 Å². The van der Waals surface area contributed by atoms with Crippen molar-refractivity contribution in [2.45, 2.75) is 0 Å². The zero-order valence-electron chi connectivity index (χ0n) is 26.3. The van der Waals surface area contributed by atoms with Crippen LogP contribution in [0.4, 0.5) is 0 Å². The molecule has 0 unspecified atom stereocenters. The van der Waals surface area contributed by atoms with E-state index in [9.17, 15) is 0 Å². The minimum atomic E-state index is 0.568. The van der Waals surface area contributed by atoms with Crippen LogP contribution in [0.3, 0.4) is 0 Å². The summed E-state index contributed by atoms with van der Waals surface area (Å²) in [5.41, 5.74) is 6.30. The summed E-state index contributed by atoms with van der Waals surface area (Å²) in [7, 11) is 0. The number of hydrogen-bond acceptors (Lipinski definition) is 4. The van der Waals surface area contributed by atoms with E-state index in [0.717, 1.165) is 32.9 Å². The van der Waals surface area contributed by atoms with Crippen molar-refractivity contribution in [2.75, 3.05) is 0 Å². The third kappa shape index (κ3) is 4.40. The Bertz CT molecular complexity index is 2800. The topological polar surface area (TPSA) is 56.5 Å². The lowest BCUT2D eigenvalue weighted by atomic mass is 9.91. The van der Waals surface area contributed by atoms with Gasteiger partial charge in [0.2, 0.25) is 5.95 Å². The number of benzene rings is 7. The van der Waals surface area contributed by atoms with Crippen molar-refractivity contribution in [3.05, 3.63) is 164 Å². The minimum absolute atomic E-state index is 0.568. The lowest BCUT2D eigenvalue weighted by Crippen LogP contribution is -2.06. The molecule has 3 aromatic heterocycles. The second-order valence-electron chi connectivity index (χ2n) is 12.3. The minimum Gasteiger partial charge on any atom is -0.278 e. The Morgan fingerprint density at radius 1 is 0.347 bits per heavy atom. The van der Waals surface area contributed by atoms with Gasteiger partial charge in [-0.15, -0.1) is 0 Å². The van der Waals surface area contributed by atoms with Gasteiger partial charge >= 0.3 is 0 Å². The highest BCUT2D eigenvalue weighted by molar-refractivity contribution is 6.26. The molecule has 0 radical (unpaired) electrons. The average molecular weight is 626 g/mol. The second kappa shape index (κ2) is 10.9. The summed E-state index contributed by atoms with van der Waals surface area (Å²) < 4.78 is 2.12. The molecule has 0 spiro atoms. The first-order chi connectivity index (χ1) is 24.3. The highest BCUT2D eigenvalue weighted by atomic mass is 15.2. The van der Waals surface area contributed by atoms with Crippen LogP contribution in [0.25, 0.3) is 94.0 Å². The van der Waals surface area contributed by atoms with Crippen LogP contribution in [0.1, 0.15) is 0 Å². The Kier molecular flexibility index (Phi) is 6.11. The summed E-state index contributed by atoms with van der Waals surface area (Å²) >= 11 is 0. The first-order valence-corrected chi connectivity index (χ1v) is 16.4. The van der Waals surface area contributed by atoms with Crippen molar-refractivity contribution in [3.63, 3.8) is 0 Å². The van der Waals surface area contributed by atoms with Crippen LogP contribution in [-0.2, 0) is 0 Å². The summed E-state index contributed by atoms with van der Waals surface area (Å²) in [6.45, 7) is 0. The molecule has 10 aromatic rings. The van der Waals surface area contributed by atoms with Crippen molar-refractivity contribution in [3.8, 4) is 39.9 Å². The Morgan fingerprint density at radius 3 is 1.59 bits per heavy atom. The van der Waals surface area contributed by atoms with Gasteiger partial charge in [-0.25, -0.2) is 4.98 Å². The summed E-state index contributed by atoms with van der Waals surface area (Å²) in [4.78, 5) is 19.8. The van der Waals surface area contributed by atoms with Crippen LogP contribution in [0, 0.1) is 0 Å². The number of hydrogen-bond donors (Lipinski definition) is 0. The molecule has 0 aliphatic heterocycles. The van der Waals surface area contributed by atoms with Gasteiger partial charge in [-0.05, 0) is 67.7 Å². The summed E-state index contributed by atoms with van der Waals surface area (Å²) in [6, 6.07) is 53.2. The zero-order valence-corrected chi connectivity index (χ0v) is 26.3. The quantitative estimate of drug-likeness (QED) is 0.183. The molecule has 228 valence electrons. The van der Waals surface area contributed by atoms with Gasteiger partial charge in [-0.2, -0.15) is 9.97 Å². The van der Waals surface area contributed by atoms with E-state index in [1.165, 1.54) is 43.4 Å². The van der Waals surface area contributed by atoms with E-state index < -0.39 is 0 Å². The van der Waals surface area contributed by atoms with Crippen LogP contribution in [0.5, 0.6) is 0 Å². The molecule has 0 bridgehead atoms. The van der Waals surface area contributed by atoms with Gasteiger partial charge in [0.25, 0.3) is 0 Å². The lowest BCUT2D eigenvalue weighted by molar-refractivity contribution is 0.953. The monoisotopic (exact) mass is 625 g/mol. The molecular formula is C44H27N5. The Morgan fingerprint density at radius 2 is 0.878 bits per heavy atom. The van der Waals surface area contributed by atoms with E-state index in [4.69, 9.17) is 15.0 Å². The van der Waals surface area contributed by atoms with Gasteiger partial charge in [-0.1, -0.05) is 127 Å². The maximum Gasteiger partial charge on any atom is 0.238 e. The fourth-order valence-electron chi connectivity index (χ4n) is 7.25. The highest BCUT2D eigenvalue weighted by Gasteiger charge is 2.18. The normalized spacial score (nSPS) is 11.7. The largest absolute Gasteiger partial charge is 0.278 e. The molecule has 0 saturated carbocycles. The summed E-state index contributed by atoms with van der Waals surface area (Å²) in [5.74, 6) is 1.81. The van der Waals surface area contributed by atoms with Gasteiger partial charge in [0.15, 0.2) is 11.6 Å². The number of nitrogens with zero attached hydrogens (tertiary/aromatic N) is 5. The second-order valence-corrected chi connectivity index (χ2v) is 12.3. The number of pyridine rings is 1. The smallest absolute Gasteiger partial charge is 0.238 e. The maximum atomic E-state index is 5.19. The van der Waals surface area contributed by atoms with Crippen molar-refractivity contribution in [1.82, 2.24) is 24.5 Å².